The number of nitrogens with two attached hydrogens (primary N) is 1. The van der Waals surface area contributed by atoms with Crippen molar-refractivity contribution in [1.29, 1.82) is 0 Å². The summed E-state index contributed by atoms with van der Waals surface area (Å²) in [5.74, 6) is 0. The van der Waals surface area contributed by atoms with Gasteiger partial charge in [0.1, 0.15) is 0 Å². The largest absolute Gasteiger partial charge is 0.330 e. The number of nitrogens with zero attached hydrogens (tertiary/aromatic N) is 1. The van der Waals surface area contributed by atoms with Gasteiger partial charge in [0.15, 0.2) is 0 Å². The van der Waals surface area contributed by atoms with Gasteiger partial charge in [-0.1, -0.05) is 32.0 Å². The van der Waals surface area contributed by atoms with Crippen molar-refractivity contribution in [3.05, 3.63) is 35.2 Å². The summed E-state index contributed by atoms with van der Waals surface area (Å²) in [5.41, 5.74) is 7.40. The van der Waals surface area contributed by atoms with Crippen LogP contribution >= 0.6 is 11.3 Å². The Labute approximate surface area is 113 Å². The molecule has 0 amide bonds. The van der Waals surface area contributed by atoms with E-state index < -0.39 is 0 Å². The molecule has 18 heavy (non-hydrogen) atoms. The first-order chi connectivity index (χ1) is 8.52. The summed E-state index contributed by atoms with van der Waals surface area (Å²) in [6.07, 6.45) is 0. The molecule has 0 fully saturated rings. The Morgan fingerprint density at radius 1 is 1.28 bits per heavy atom. The normalized spacial score (nSPS) is 12.5. The van der Waals surface area contributed by atoms with E-state index in [4.69, 9.17) is 5.73 Å². The van der Waals surface area contributed by atoms with E-state index in [1.165, 1.54) is 15.6 Å². The fourth-order valence-electron chi connectivity index (χ4n) is 2.30. The molecule has 1 heterocycles. The number of hydrogen-bond donors (Lipinski definition) is 1. The summed E-state index contributed by atoms with van der Waals surface area (Å²) in [7, 11) is 2.17. The molecule has 0 radical (unpaired) electrons. The molecule has 0 bridgehead atoms. The minimum atomic E-state index is 0.181. The highest BCUT2D eigenvalue weighted by atomic mass is 32.1. The quantitative estimate of drug-likeness (QED) is 0.895. The molecule has 2 nitrogen and oxygen atoms in total. The second kappa shape index (κ2) is 5.39. The van der Waals surface area contributed by atoms with Gasteiger partial charge in [-0.05, 0) is 41.4 Å². The van der Waals surface area contributed by atoms with Gasteiger partial charge < -0.3 is 10.6 Å². The topological polar surface area (TPSA) is 29.3 Å². The van der Waals surface area contributed by atoms with E-state index in [1.54, 1.807) is 0 Å². The van der Waals surface area contributed by atoms with Gasteiger partial charge in [0.05, 0.1) is 0 Å². The molecule has 2 rings (SSSR count). The molecule has 0 unspecified atom stereocenters. The molecule has 3 heteroatoms. The average molecular weight is 262 g/mol. The number of hydrogen-bond acceptors (Lipinski definition) is 3. The Morgan fingerprint density at radius 2 is 2.00 bits per heavy atom. The van der Waals surface area contributed by atoms with Gasteiger partial charge >= 0.3 is 0 Å². The van der Waals surface area contributed by atoms with Gasteiger partial charge in [-0.15, -0.1) is 11.3 Å². The summed E-state index contributed by atoms with van der Waals surface area (Å²) in [6.45, 7) is 7.17. The first-order valence-corrected chi connectivity index (χ1v) is 7.23. The van der Waals surface area contributed by atoms with Crippen molar-refractivity contribution in [3.63, 3.8) is 0 Å². The Morgan fingerprint density at radius 3 is 2.72 bits per heavy atom. The molecule has 1 aromatic heterocycles. The highest BCUT2D eigenvalue weighted by Crippen LogP contribution is 2.27. The Bertz CT molecular complexity index is 516. The van der Waals surface area contributed by atoms with E-state index in [0.717, 1.165) is 19.6 Å². The van der Waals surface area contributed by atoms with E-state index in [0.29, 0.717) is 0 Å². The van der Waals surface area contributed by atoms with Crippen LogP contribution in [0.3, 0.4) is 0 Å². The number of rotatable bonds is 5. The third-order valence-electron chi connectivity index (χ3n) is 3.25. The maximum Gasteiger partial charge on any atom is 0.0346 e. The van der Waals surface area contributed by atoms with Gasteiger partial charge in [-0.3, -0.25) is 0 Å². The lowest BCUT2D eigenvalue weighted by atomic mass is 9.93. The zero-order chi connectivity index (χ0) is 13.2. The summed E-state index contributed by atoms with van der Waals surface area (Å²) in [4.78, 5) is 2.36. The van der Waals surface area contributed by atoms with E-state index in [-0.39, 0.29) is 5.41 Å². The van der Waals surface area contributed by atoms with Gasteiger partial charge in [-0.2, -0.15) is 0 Å². The molecule has 0 atom stereocenters. The fraction of sp³-hybridized carbons (Fsp3) is 0.467. The summed E-state index contributed by atoms with van der Waals surface area (Å²) in [5, 5.41) is 3.66. The van der Waals surface area contributed by atoms with E-state index in [9.17, 15) is 0 Å². The molecule has 0 saturated heterocycles. The summed E-state index contributed by atoms with van der Waals surface area (Å²) in [6, 6.07) is 8.61. The van der Waals surface area contributed by atoms with E-state index >= 15 is 0 Å². The maximum absolute atomic E-state index is 5.79. The Balaban J connectivity index is 2.09. The fourth-order valence-corrected chi connectivity index (χ4v) is 3.25. The van der Waals surface area contributed by atoms with Crippen LogP contribution in [-0.4, -0.2) is 25.0 Å². The smallest absolute Gasteiger partial charge is 0.0346 e. The van der Waals surface area contributed by atoms with Gasteiger partial charge in [0.25, 0.3) is 0 Å². The predicted molar refractivity (Wildman–Crippen MR) is 81.0 cm³/mol. The van der Waals surface area contributed by atoms with Crippen molar-refractivity contribution in [2.45, 2.75) is 20.4 Å². The SMILES string of the molecule is CN(Cc1csc2ccccc12)CC(C)(C)CN. The number of fused-ring (bicyclic) bond motifs is 1. The number of benzene rings is 1. The molecular weight excluding hydrogens is 240 g/mol. The van der Waals surface area contributed by atoms with Crippen molar-refractivity contribution >= 4 is 21.4 Å². The van der Waals surface area contributed by atoms with Crippen molar-refractivity contribution in [2.24, 2.45) is 11.1 Å². The van der Waals surface area contributed by atoms with Crippen LogP contribution in [0.4, 0.5) is 0 Å². The zero-order valence-corrected chi connectivity index (χ0v) is 12.3. The van der Waals surface area contributed by atoms with Crippen molar-refractivity contribution in [3.8, 4) is 0 Å². The molecule has 0 spiro atoms. The first-order valence-electron chi connectivity index (χ1n) is 6.35. The van der Waals surface area contributed by atoms with Gasteiger partial charge in [0.2, 0.25) is 0 Å². The van der Waals surface area contributed by atoms with Crippen LogP contribution in [0.1, 0.15) is 19.4 Å². The van der Waals surface area contributed by atoms with Crippen molar-refractivity contribution in [2.75, 3.05) is 20.1 Å². The van der Waals surface area contributed by atoms with Crippen LogP contribution in [0.5, 0.6) is 0 Å². The standard InChI is InChI=1S/C15H22N2S/c1-15(2,10-16)11-17(3)8-12-9-18-14-7-5-4-6-13(12)14/h4-7,9H,8,10-11,16H2,1-3H3. The second-order valence-corrected chi connectivity index (χ2v) is 6.71. The lowest BCUT2D eigenvalue weighted by molar-refractivity contribution is 0.210. The highest BCUT2D eigenvalue weighted by Gasteiger charge is 2.18. The minimum Gasteiger partial charge on any atom is -0.330 e. The summed E-state index contributed by atoms with van der Waals surface area (Å²) < 4.78 is 1.37. The molecule has 1 aromatic carbocycles. The van der Waals surface area contributed by atoms with Gasteiger partial charge in [-0.25, -0.2) is 0 Å². The molecule has 0 aliphatic carbocycles. The van der Waals surface area contributed by atoms with Crippen LogP contribution in [0, 0.1) is 5.41 Å². The molecular formula is C15H22N2S. The average Bonchev–Trinajstić information content (AvgIpc) is 2.72. The van der Waals surface area contributed by atoms with Crippen molar-refractivity contribution < 1.29 is 0 Å². The van der Waals surface area contributed by atoms with Crippen LogP contribution in [0.15, 0.2) is 29.6 Å². The second-order valence-electron chi connectivity index (χ2n) is 5.80. The van der Waals surface area contributed by atoms with Crippen molar-refractivity contribution in [1.82, 2.24) is 4.90 Å². The van der Waals surface area contributed by atoms with E-state index in [1.807, 2.05) is 11.3 Å². The maximum atomic E-state index is 5.79. The lowest BCUT2D eigenvalue weighted by Gasteiger charge is -2.28. The Hall–Kier alpha value is -0.900. The Kier molecular flexibility index (Phi) is 4.05. The van der Waals surface area contributed by atoms with Crippen LogP contribution in [-0.2, 0) is 6.54 Å². The summed E-state index contributed by atoms with van der Waals surface area (Å²) >= 11 is 1.83. The molecule has 0 aliphatic heterocycles. The van der Waals surface area contributed by atoms with Gasteiger partial charge in [0, 0.05) is 17.8 Å². The monoisotopic (exact) mass is 262 g/mol. The zero-order valence-electron chi connectivity index (χ0n) is 11.4. The molecule has 2 N–H and O–H groups in total. The van der Waals surface area contributed by atoms with Crippen LogP contribution < -0.4 is 5.73 Å². The number of thiophene rings is 1. The van der Waals surface area contributed by atoms with E-state index in [2.05, 4.69) is 55.4 Å². The molecule has 0 saturated carbocycles. The minimum absolute atomic E-state index is 0.181. The van der Waals surface area contributed by atoms with Crippen LogP contribution in [0.25, 0.3) is 10.1 Å². The highest BCUT2D eigenvalue weighted by molar-refractivity contribution is 7.17. The molecule has 0 aliphatic rings. The predicted octanol–water partition coefficient (Wildman–Crippen LogP) is 3.32. The lowest BCUT2D eigenvalue weighted by Crippen LogP contribution is -2.36. The molecule has 2 aromatic rings. The van der Waals surface area contributed by atoms with Crippen LogP contribution in [0.2, 0.25) is 0 Å². The first kappa shape index (κ1) is 13.5. The third-order valence-corrected chi connectivity index (χ3v) is 4.26. The third kappa shape index (κ3) is 3.10. The molecule has 98 valence electrons.